The van der Waals surface area contributed by atoms with Crippen molar-refractivity contribution in [2.24, 2.45) is 5.10 Å². The summed E-state index contributed by atoms with van der Waals surface area (Å²) in [5, 5.41) is 6.28. The third kappa shape index (κ3) is 3.36. The summed E-state index contributed by atoms with van der Waals surface area (Å²) in [6.45, 7) is 0.171. The SMILES string of the molecule is O=C(C1COc2ccccc2O1)N1N=C(c2ccccc2)CC1c1ccccc1. The normalized spacial score (nSPS) is 20.3. The number of carbonyl (C=O) groups is 1. The lowest BCUT2D eigenvalue weighted by molar-refractivity contribution is -0.143. The van der Waals surface area contributed by atoms with Crippen molar-refractivity contribution >= 4 is 11.6 Å². The first kappa shape index (κ1) is 17.5. The fraction of sp³-hybridized carbons (Fsp3) is 0.167. The maximum Gasteiger partial charge on any atom is 0.287 e. The highest BCUT2D eigenvalue weighted by Gasteiger charge is 2.39. The number of amides is 1. The van der Waals surface area contributed by atoms with E-state index in [2.05, 4.69) is 0 Å². The third-order valence-corrected chi connectivity index (χ3v) is 5.21. The molecule has 0 fully saturated rings. The van der Waals surface area contributed by atoms with E-state index in [-0.39, 0.29) is 18.6 Å². The molecule has 0 saturated heterocycles. The standard InChI is InChI=1S/C24H20N2O3/c27-24(23-16-28-21-13-7-8-14-22(21)29-23)26-20(18-11-5-2-6-12-18)15-19(25-26)17-9-3-1-4-10-17/h1-14,20,23H,15-16H2. The van der Waals surface area contributed by atoms with Crippen LogP contribution in [-0.2, 0) is 4.79 Å². The maximum absolute atomic E-state index is 13.4. The lowest BCUT2D eigenvalue weighted by Crippen LogP contribution is -2.44. The Labute approximate surface area is 169 Å². The Morgan fingerprint density at radius 2 is 1.52 bits per heavy atom. The minimum absolute atomic E-state index is 0.167. The van der Waals surface area contributed by atoms with Crippen LogP contribution in [0.2, 0.25) is 0 Å². The molecule has 0 radical (unpaired) electrons. The minimum Gasteiger partial charge on any atom is -0.485 e. The zero-order valence-electron chi connectivity index (χ0n) is 15.8. The zero-order valence-corrected chi connectivity index (χ0v) is 15.8. The third-order valence-electron chi connectivity index (χ3n) is 5.21. The molecular formula is C24H20N2O3. The average molecular weight is 384 g/mol. The van der Waals surface area contributed by atoms with Crippen molar-refractivity contribution in [1.82, 2.24) is 5.01 Å². The Hall–Kier alpha value is -3.60. The molecule has 0 aliphatic carbocycles. The molecule has 3 aromatic carbocycles. The first-order valence-electron chi connectivity index (χ1n) is 9.69. The zero-order chi connectivity index (χ0) is 19.6. The van der Waals surface area contributed by atoms with E-state index in [4.69, 9.17) is 14.6 Å². The molecule has 2 aliphatic heterocycles. The van der Waals surface area contributed by atoms with Crippen molar-refractivity contribution in [2.75, 3.05) is 6.61 Å². The molecule has 2 atom stereocenters. The molecule has 29 heavy (non-hydrogen) atoms. The number of fused-ring (bicyclic) bond motifs is 1. The number of rotatable bonds is 3. The van der Waals surface area contributed by atoms with Crippen LogP contribution in [0.1, 0.15) is 23.6 Å². The smallest absolute Gasteiger partial charge is 0.287 e. The van der Waals surface area contributed by atoms with Gasteiger partial charge in [0.25, 0.3) is 5.91 Å². The second kappa shape index (κ2) is 7.43. The van der Waals surface area contributed by atoms with Gasteiger partial charge >= 0.3 is 0 Å². The highest BCUT2D eigenvalue weighted by Crippen LogP contribution is 2.36. The molecule has 2 aliphatic rings. The monoisotopic (exact) mass is 384 g/mol. The Balaban J connectivity index is 1.46. The van der Waals surface area contributed by atoms with Crippen LogP contribution in [0.3, 0.4) is 0 Å². The predicted octanol–water partition coefficient (Wildman–Crippen LogP) is 4.20. The number of carbonyl (C=O) groups excluding carboxylic acids is 1. The van der Waals surface area contributed by atoms with Crippen LogP contribution in [0.4, 0.5) is 0 Å². The van der Waals surface area contributed by atoms with Crippen LogP contribution in [0.25, 0.3) is 0 Å². The van der Waals surface area contributed by atoms with Crippen molar-refractivity contribution in [3.05, 3.63) is 96.1 Å². The summed E-state index contributed by atoms with van der Waals surface area (Å²) in [5.41, 5.74) is 2.97. The van der Waals surface area contributed by atoms with Gasteiger partial charge in [-0.1, -0.05) is 72.8 Å². The van der Waals surface area contributed by atoms with Gasteiger partial charge in [-0.3, -0.25) is 4.79 Å². The summed E-state index contributed by atoms with van der Waals surface area (Å²) in [7, 11) is 0. The second-order valence-electron chi connectivity index (χ2n) is 7.09. The van der Waals surface area contributed by atoms with Crippen molar-refractivity contribution in [1.29, 1.82) is 0 Å². The highest BCUT2D eigenvalue weighted by atomic mass is 16.6. The van der Waals surface area contributed by atoms with Gasteiger partial charge in [0.2, 0.25) is 6.10 Å². The van der Waals surface area contributed by atoms with Crippen LogP contribution < -0.4 is 9.47 Å². The van der Waals surface area contributed by atoms with Crippen LogP contribution in [-0.4, -0.2) is 29.3 Å². The van der Waals surface area contributed by atoms with E-state index in [1.807, 2.05) is 84.9 Å². The molecule has 0 bridgehead atoms. The molecule has 144 valence electrons. The van der Waals surface area contributed by atoms with E-state index in [0.29, 0.717) is 17.9 Å². The van der Waals surface area contributed by atoms with Crippen molar-refractivity contribution in [3.63, 3.8) is 0 Å². The molecule has 1 amide bonds. The molecule has 0 saturated carbocycles. The van der Waals surface area contributed by atoms with Crippen LogP contribution in [0.5, 0.6) is 11.5 Å². The van der Waals surface area contributed by atoms with Gasteiger partial charge in [-0.25, -0.2) is 5.01 Å². The van der Waals surface area contributed by atoms with Crippen LogP contribution in [0, 0.1) is 0 Å². The van der Waals surface area contributed by atoms with Crippen LogP contribution >= 0.6 is 0 Å². The van der Waals surface area contributed by atoms with E-state index >= 15 is 0 Å². The van der Waals surface area contributed by atoms with Crippen molar-refractivity contribution in [2.45, 2.75) is 18.6 Å². The lowest BCUT2D eigenvalue weighted by atomic mass is 9.98. The lowest BCUT2D eigenvalue weighted by Gasteiger charge is -2.30. The largest absolute Gasteiger partial charge is 0.485 e. The minimum atomic E-state index is -0.727. The molecule has 0 spiro atoms. The van der Waals surface area contributed by atoms with Gasteiger partial charge in [-0.2, -0.15) is 5.10 Å². The van der Waals surface area contributed by atoms with E-state index in [1.54, 1.807) is 5.01 Å². The summed E-state index contributed by atoms with van der Waals surface area (Å²) < 4.78 is 11.7. The van der Waals surface area contributed by atoms with Gasteiger partial charge in [-0.15, -0.1) is 0 Å². The number of hydrazone groups is 1. The molecule has 5 nitrogen and oxygen atoms in total. The molecule has 2 heterocycles. The number of hydrogen-bond donors (Lipinski definition) is 0. The van der Waals surface area contributed by atoms with Crippen molar-refractivity contribution in [3.8, 4) is 11.5 Å². The number of ether oxygens (including phenoxy) is 2. The molecule has 0 aromatic heterocycles. The Morgan fingerprint density at radius 3 is 2.28 bits per heavy atom. The first-order chi connectivity index (χ1) is 14.3. The van der Waals surface area contributed by atoms with Gasteiger partial charge in [0.05, 0.1) is 11.8 Å². The molecular weight excluding hydrogens is 364 g/mol. The Morgan fingerprint density at radius 1 is 0.862 bits per heavy atom. The Kier molecular flexibility index (Phi) is 4.48. The maximum atomic E-state index is 13.4. The predicted molar refractivity (Wildman–Crippen MR) is 110 cm³/mol. The fourth-order valence-corrected chi connectivity index (χ4v) is 3.74. The molecule has 2 unspecified atom stereocenters. The molecule has 5 rings (SSSR count). The Bertz CT molecular complexity index is 1050. The van der Waals surface area contributed by atoms with E-state index in [1.165, 1.54) is 0 Å². The van der Waals surface area contributed by atoms with E-state index in [0.717, 1.165) is 16.8 Å². The number of benzene rings is 3. The summed E-state index contributed by atoms with van der Waals surface area (Å²) >= 11 is 0. The topological polar surface area (TPSA) is 51.1 Å². The van der Waals surface area contributed by atoms with Gasteiger partial charge < -0.3 is 9.47 Å². The molecule has 5 heteroatoms. The highest BCUT2D eigenvalue weighted by molar-refractivity contribution is 6.03. The summed E-state index contributed by atoms with van der Waals surface area (Å²) in [6.07, 6.45) is -0.0702. The number of nitrogens with zero attached hydrogens (tertiary/aromatic N) is 2. The summed E-state index contributed by atoms with van der Waals surface area (Å²) in [6, 6.07) is 27.2. The quantitative estimate of drug-likeness (QED) is 0.680. The number of hydrogen-bond acceptors (Lipinski definition) is 4. The van der Waals surface area contributed by atoms with Crippen LogP contribution in [0.15, 0.2) is 90.0 Å². The average Bonchev–Trinajstić information content (AvgIpc) is 3.25. The van der Waals surface area contributed by atoms with E-state index in [9.17, 15) is 4.79 Å². The van der Waals surface area contributed by atoms with Gasteiger partial charge in [0, 0.05) is 6.42 Å². The van der Waals surface area contributed by atoms with Gasteiger partial charge in [0.15, 0.2) is 11.5 Å². The first-order valence-corrected chi connectivity index (χ1v) is 9.69. The molecule has 3 aromatic rings. The van der Waals surface area contributed by atoms with Gasteiger partial charge in [0.1, 0.15) is 6.61 Å². The summed E-state index contributed by atoms with van der Waals surface area (Å²) in [4.78, 5) is 13.4. The molecule has 0 N–H and O–H groups in total. The van der Waals surface area contributed by atoms with E-state index < -0.39 is 6.10 Å². The fourth-order valence-electron chi connectivity index (χ4n) is 3.74. The second-order valence-corrected chi connectivity index (χ2v) is 7.09. The van der Waals surface area contributed by atoms with Crippen molar-refractivity contribution < 1.29 is 14.3 Å². The van der Waals surface area contributed by atoms with Gasteiger partial charge in [-0.05, 0) is 23.3 Å². The number of para-hydroxylation sites is 2. The summed E-state index contributed by atoms with van der Waals surface area (Å²) in [5.74, 6) is 1.05.